The fourth-order valence-electron chi connectivity index (χ4n) is 1.06. The minimum Gasteiger partial charge on any atom is -0.381 e. The van der Waals surface area contributed by atoms with Gasteiger partial charge in [0.15, 0.2) is 0 Å². The molecule has 0 saturated carbocycles. The van der Waals surface area contributed by atoms with Crippen molar-refractivity contribution in [2.24, 2.45) is 5.73 Å². The van der Waals surface area contributed by atoms with Gasteiger partial charge in [-0.15, -0.1) is 11.3 Å². The minimum absolute atomic E-state index is 0.165. The molecule has 1 rings (SSSR count). The topological polar surface area (TPSA) is 92.4 Å². The number of carbonyl (C=O) groups is 2. The summed E-state index contributed by atoms with van der Waals surface area (Å²) in [4.78, 5) is 21.6. The molecule has 8 heteroatoms. The van der Waals surface area contributed by atoms with E-state index in [1.165, 1.54) is 11.4 Å². The molecule has 17 heavy (non-hydrogen) atoms. The fourth-order valence-corrected chi connectivity index (χ4v) is 1.80. The number of aliphatic hydroxyl groups excluding tert-OH is 1. The Kier molecular flexibility index (Phi) is 4.53. The summed E-state index contributed by atoms with van der Waals surface area (Å²) in [5.41, 5.74) is 4.60. The first-order valence-corrected chi connectivity index (χ1v) is 5.42. The smallest absolute Gasteiger partial charge is 0.273 e. The molecule has 94 valence electrons. The Bertz CT molecular complexity index is 422. The zero-order valence-electron chi connectivity index (χ0n) is 8.52. The van der Waals surface area contributed by atoms with E-state index in [0.717, 1.165) is 11.3 Å². The summed E-state index contributed by atoms with van der Waals surface area (Å²) in [5, 5.41) is 12.5. The summed E-state index contributed by atoms with van der Waals surface area (Å²) in [6.07, 6.45) is -4.27. The van der Waals surface area contributed by atoms with E-state index in [1.54, 1.807) is 0 Å². The number of hydrogen-bond acceptors (Lipinski definition) is 4. The number of halogens is 2. The van der Waals surface area contributed by atoms with Crippen molar-refractivity contribution in [3.05, 3.63) is 21.9 Å². The predicted octanol–water partition coefficient (Wildman–Crippen LogP) is 0.262. The van der Waals surface area contributed by atoms with Crippen molar-refractivity contribution >= 4 is 23.2 Å². The van der Waals surface area contributed by atoms with Gasteiger partial charge in [0.1, 0.15) is 6.10 Å². The average molecular weight is 264 g/mol. The first-order valence-electron chi connectivity index (χ1n) is 4.54. The van der Waals surface area contributed by atoms with Crippen LogP contribution in [-0.4, -0.2) is 29.6 Å². The van der Waals surface area contributed by atoms with Gasteiger partial charge < -0.3 is 16.2 Å². The number of primary amides is 1. The number of rotatable bonds is 5. The van der Waals surface area contributed by atoms with Crippen molar-refractivity contribution in [3.63, 3.8) is 0 Å². The highest BCUT2D eigenvalue weighted by Gasteiger charge is 2.20. The van der Waals surface area contributed by atoms with E-state index >= 15 is 0 Å². The molecule has 1 unspecified atom stereocenters. The van der Waals surface area contributed by atoms with E-state index in [-0.39, 0.29) is 10.4 Å². The second-order valence-electron chi connectivity index (χ2n) is 3.13. The van der Waals surface area contributed by atoms with Crippen molar-refractivity contribution in [1.82, 2.24) is 5.32 Å². The zero-order valence-corrected chi connectivity index (χ0v) is 9.34. The second kappa shape index (κ2) is 5.69. The maximum absolute atomic E-state index is 12.5. The van der Waals surface area contributed by atoms with Gasteiger partial charge in [-0.25, -0.2) is 8.78 Å². The molecule has 0 saturated heterocycles. The maximum atomic E-state index is 12.5. The van der Waals surface area contributed by atoms with E-state index in [4.69, 9.17) is 10.8 Å². The number of nitrogens with two attached hydrogens (primary N) is 1. The van der Waals surface area contributed by atoms with Gasteiger partial charge in [0.25, 0.3) is 12.3 Å². The first-order chi connectivity index (χ1) is 7.93. The second-order valence-corrected chi connectivity index (χ2v) is 4.08. The number of amides is 2. The highest BCUT2D eigenvalue weighted by molar-refractivity contribution is 7.10. The number of hydrogen-bond donors (Lipinski definition) is 3. The van der Waals surface area contributed by atoms with E-state index in [1.807, 2.05) is 0 Å². The van der Waals surface area contributed by atoms with Crippen LogP contribution in [0.1, 0.15) is 21.7 Å². The van der Waals surface area contributed by atoms with Crippen LogP contribution in [0.25, 0.3) is 0 Å². The number of carbonyl (C=O) groups excluding carboxylic acids is 2. The van der Waals surface area contributed by atoms with Crippen molar-refractivity contribution in [2.75, 3.05) is 6.54 Å². The SMILES string of the molecule is NC(=O)C(O)CNC(=O)c1ccsc1C(F)F. The van der Waals surface area contributed by atoms with Crippen LogP contribution in [0.3, 0.4) is 0 Å². The minimum atomic E-state index is -2.74. The normalized spacial score (nSPS) is 12.5. The lowest BCUT2D eigenvalue weighted by Crippen LogP contribution is -2.40. The van der Waals surface area contributed by atoms with Gasteiger partial charge in [0.2, 0.25) is 5.91 Å². The quantitative estimate of drug-likeness (QED) is 0.712. The highest BCUT2D eigenvalue weighted by Crippen LogP contribution is 2.28. The molecule has 0 fully saturated rings. The van der Waals surface area contributed by atoms with Crippen molar-refractivity contribution in [1.29, 1.82) is 0 Å². The van der Waals surface area contributed by atoms with Crippen LogP contribution >= 0.6 is 11.3 Å². The molecule has 0 bridgehead atoms. The van der Waals surface area contributed by atoms with Crippen LogP contribution in [0.4, 0.5) is 8.78 Å². The molecule has 1 aromatic rings. The molecule has 1 aromatic heterocycles. The summed E-state index contributed by atoms with van der Waals surface area (Å²) in [7, 11) is 0. The van der Waals surface area contributed by atoms with Crippen LogP contribution in [0.2, 0.25) is 0 Å². The van der Waals surface area contributed by atoms with Gasteiger partial charge >= 0.3 is 0 Å². The largest absolute Gasteiger partial charge is 0.381 e. The summed E-state index contributed by atoms with van der Waals surface area (Å²) >= 11 is 0.762. The molecule has 0 aromatic carbocycles. The fraction of sp³-hybridized carbons (Fsp3) is 0.333. The third-order valence-corrected chi connectivity index (χ3v) is 2.85. The Balaban J connectivity index is 2.64. The molecule has 0 aliphatic carbocycles. The molecular formula is C9H10F2N2O3S. The average Bonchev–Trinajstić information content (AvgIpc) is 2.73. The van der Waals surface area contributed by atoms with Crippen molar-refractivity contribution < 1.29 is 23.5 Å². The lowest BCUT2D eigenvalue weighted by atomic mass is 10.2. The van der Waals surface area contributed by atoms with Crippen LogP contribution in [0.15, 0.2) is 11.4 Å². The molecule has 0 radical (unpaired) electrons. The zero-order chi connectivity index (χ0) is 13.0. The molecule has 0 spiro atoms. The van der Waals surface area contributed by atoms with Crippen molar-refractivity contribution in [3.8, 4) is 0 Å². The van der Waals surface area contributed by atoms with Crippen LogP contribution in [0, 0.1) is 0 Å². The first kappa shape index (κ1) is 13.5. The van der Waals surface area contributed by atoms with Crippen LogP contribution < -0.4 is 11.1 Å². The van der Waals surface area contributed by atoms with Crippen LogP contribution in [-0.2, 0) is 4.79 Å². The molecule has 1 atom stereocenters. The Morgan fingerprint density at radius 2 is 2.18 bits per heavy atom. The Morgan fingerprint density at radius 3 is 2.71 bits per heavy atom. The third-order valence-electron chi connectivity index (χ3n) is 1.92. The van der Waals surface area contributed by atoms with E-state index in [0.29, 0.717) is 0 Å². The Hall–Kier alpha value is -1.54. The van der Waals surface area contributed by atoms with E-state index in [2.05, 4.69) is 5.32 Å². The maximum Gasteiger partial charge on any atom is 0.273 e. The predicted molar refractivity (Wildman–Crippen MR) is 56.8 cm³/mol. The summed E-state index contributed by atoms with van der Waals surface area (Å²) in [6.45, 7) is -0.410. The molecule has 1 heterocycles. The van der Waals surface area contributed by atoms with Gasteiger partial charge in [-0.1, -0.05) is 0 Å². The number of alkyl halides is 2. The van der Waals surface area contributed by atoms with E-state index < -0.39 is 30.9 Å². The third kappa shape index (κ3) is 3.46. The summed E-state index contributed by atoms with van der Waals surface area (Å²) in [6, 6.07) is 1.25. The Morgan fingerprint density at radius 1 is 1.53 bits per heavy atom. The van der Waals surface area contributed by atoms with E-state index in [9.17, 15) is 18.4 Å². The molecule has 5 nitrogen and oxygen atoms in total. The van der Waals surface area contributed by atoms with Gasteiger partial charge in [-0.2, -0.15) is 0 Å². The molecule has 0 aliphatic rings. The van der Waals surface area contributed by atoms with Gasteiger partial charge in [0.05, 0.1) is 17.0 Å². The monoisotopic (exact) mass is 264 g/mol. The summed E-state index contributed by atoms with van der Waals surface area (Å²) < 4.78 is 24.9. The van der Waals surface area contributed by atoms with Gasteiger partial charge in [-0.3, -0.25) is 9.59 Å². The Labute approximate surface area is 99.2 Å². The summed E-state index contributed by atoms with van der Waals surface area (Å²) in [5.74, 6) is -1.77. The van der Waals surface area contributed by atoms with Gasteiger partial charge in [-0.05, 0) is 11.4 Å². The number of thiophene rings is 1. The van der Waals surface area contributed by atoms with Crippen molar-refractivity contribution in [2.45, 2.75) is 12.5 Å². The molecular weight excluding hydrogens is 254 g/mol. The lowest BCUT2D eigenvalue weighted by molar-refractivity contribution is -0.125. The highest BCUT2D eigenvalue weighted by atomic mass is 32.1. The van der Waals surface area contributed by atoms with Crippen LogP contribution in [0.5, 0.6) is 0 Å². The molecule has 0 aliphatic heterocycles. The number of aliphatic hydroxyl groups is 1. The van der Waals surface area contributed by atoms with Gasteiger partial charge in [0, 0.05) is 0 Å². The lowest BCUT2D eigenvalue weighted by Gasteiger charge is -2.08. The standard InChI is InChI=1S/C9H10F2N2O3S/c10-7(11)6-4(1-2-17-6)9(16)13-3-5(14)8(12)15/h1-2,5,7,14H,3H2,(H2,12,15)(H,13,16). The molecule has 2 amide bonds. The molecule has 4 N–H and O–H groups in total. The number of nitrogens with one attached hydrogen (secondary N) is 1.